The van der Waals surface area contributed by atoms with Crippen molar-refractivity contribution in [3.05, 3.63) is 58.3 Å². The molecule has 128 valence electrons. The lowest BCUT2D eigenvalue weighted by molar-refractivity contribution is 0.619. The van der Waals surface area contributed by atoms with Gasteiger partial charge in [0, 0.05) is 17.8 Å². The van der Waals surface area contributed by atoms with E-state index in [9.17, 15) is 4.79 Å². The largest absolute Gasteiger partial charge is 0.463 e. The fraction of sp³-hybridized carbons (Fsp3) is 0.0556. The van der Waals surface area contributed by atoms with Crippen molar-refractivity contribution in [2.24, 2.45) is 0 Å². The van der Waals surface area contributed by atoms with E-state index in [4.69, 9.17) is 16.0 Å². The maximum atomic E-state index is 12.9. The summed E-state index contributed by atoms with van der Waals surface area (Å²) in [6.45, 7) is 0. The number of nitrogens with one attached hydrogen (secondary N) is 2. The third-order valence-electron chi connectivity index (χ3n) is 4.49. The number of anilines is 1. The van der Waals surface area contributed by atoms with Crippen molar-refractivity contribution in [1.29, 1.82) is 0 Å². The van der Waals surface area contributed by atoms with Crippen molar-refractivity contribution in [3.8, 4) is 5.69 Å². The van der Waals surface area contributed by atoms with Crippen molar-refractivity contribution < 1.29 is 4.42 Å². The predicted octanol–water partition coefficient (Wildman–Crippen LogP) is 3.70. The SMILES string of the molecule is CNc1nc(=O)n(-c2cccc3[nH]ncc23)c2cc(Cl)c3ccoc3c12. The zero-order valence-electron chi connectivity index (χ0n) is 13.6. The van der Waals surface area contributed by atoms with Crippen molar-refractivity contribution in [2.45, 2.75) is 0 Å². The Morgan fingerprint density at radius 2 is 2.15 bits per heavy atom. The number of H-pyrrole nitrogens is 1. The second-order valence-electron chi connectivity index (χ2n) is 5.85. The van der Waals surface area contributed by atoms with Gasteiger partial charge in [-0.1, -0.05) is 17.7 Å². The third kappa shape index (κ3) is 1.91. The molecule has 0 amide bonds. The van der Waals surface area contributed by atoms with Crippen LogP contribution < -0.4 is 11.0 Å². The minimum absolute atomic E-state index is 0.419. The molecule has 3 aromatic heterocycles. The summed E-state index contributed by atoms with van der Waals surface area (Å²) in [4.78, 5) is 17.1. The van der Waals surface area contributed by atoms with Gasteiger partial charge >= 0.3 is 5.69 Å². The molecular formula is C18H12ClN5O2. The first-order valence-electron chi connectivity index (χ1n) is 7.91. The van der Waals surface area contributed by atoms with Gasteiger partial charge in [-0.05, 0) is 24.3 Å². The smallest absolute Gasteiger partial charge is 0.354 e. The van der Waals surface area contributed by atoms with Crippen LogP contribution in [0, 0.1) is 0 Å². The van der Waals surface area contributed by atoms with Gasteiger partial charge in [0.2, 0.25) is 0 Å². The Bertz CT molecular complexity index is 1370. The van der Waals surface area contributed by atoms with Crippen molar-refractivity contribution >= 4 is 50.2 Å². The van der Waals surface area contributed by atoms with Crippen LogP contribution in [0.25, 0.3) is 38.5 Å². The van der Waals surface area contributed by atoms with Crippen LogP contribution in [0.5, 0.6) is 0 Å². The first kappa shape index (κ1) is 15.0. The van der Waals surface area contributed by atoms with Gasteiger partial charge < -0.3 is 9.73 Å². The summed E-state index contributed by atoms with van der Waals surface area (Å²) in [5, 5.41) is 12.7. The fourth-order valence-corrected chi connectivity index (χ4v) is 3.60. The zero-order chi connectivity index (χ0) is 17.8. The highest BCUT2D eigenvalue weighted by molar-refractivity contribution is 6.37. The van der Waals surface area contributed by atoms with E-state index in [1.165, 1.54) is 4.57 Å². The summed E-state index contributed by atoms with van der Waals surface area (Å²) in [7, 11) is 1.71. The number of aromatic amines is 1. The van der Waals surface area contributed by atoms with E-state index in [-0.39, 0.29) is 0 Å². The van der Waals surface area contributed by atoms with Crippen LogP contribution in [-0.4, -0.2) is 26.8 Å². The predicted molar refractivity (Wildman–Crippen MR) is 101 cm³/mol. The molecular weight excluding hydrogens is 354 g/mol. The van der Waals surface area contributed by atoms with Crippen molar-refractivity contribution in [1.82, 2.24) is 19.7 Å². The van der Waals surface area contributed by atoms with Crippen LogP contribution in [0.1, 0.15) is 0 Å². The van der Waals surface area contributed by atoms with Gasteiger partial charge in [0.25, 0.3) is 0 Å². The second-order valence-corrected chi connectivity index (χ2v) is 6.26. The third-order valence-corrected chi connectivity index (χ3v) is 4.80. The minimum atomic E-state index is -0.419. The Hall–Kier alpha value is -3.32. The van der Waals surface area contributed by atoms with Crippen LogP contribution in [0.4, 0.5) is 5.82 Å². The van der Waals surface area contributed by atoms with Gasteiger partial charge in [-0.25, -0.2) is 4.79 Å². The molecule has 2 aromatic carbocycles. The molecule has 0 saturated carbocycles. The maximum Gasteiger partial charge on any atom is 0.354 e. The number of aromatic nitrogens is 4. The first-order chi connectivity index (χ1) is 12.7. The Morgan fingerprint density at radius 1 is 1.27 bits per heavy atom. The topological polar surface area (TPSA) is 88.7 Å². The van der Waals surface area contributed by atoms with E-state index in [0.717, 1.165) is 16.3 Å². The van der Waals surface area contributed by atoms with Gasteiger partial charge in [-0.3, -0.25) is 9.67 Å². The monoisotopic (exact) mass is 365 g/mol. The highest BCUT2D eigenvalue weighted by atomic mass is 35.5. The summed E-state index contributed by atoms with van der Waals surface area (Å²) in [6.07, 6.45) is 3.25. The molecule has 0 spiro atoms. The molecule has 5 rings (SSSR count). The van der Waals surface area contributed by atoms with E-state index in [2.05, 4.69) is 20.5 Å². The van der Waals surface area contributed by atoms with E-state index in [1.807, 2.05) is 18.2 Å². The summed E-state index contributed by atoms with van der Waals surface area (Å²) in [6, 6.07) is 9.15. The first-order valence-corrected chi connectivity index (χ1v) is 8.29. The summed E-state index contributed by atoms with van der Waals surface area (Å²) < 4.78 is 7.19. The molecule has 0 fully saturated rings. The Morgan fingerprint density at radius 3 is 3.00 bits per heavy atom. The number of fused-ring (bicyclic) bond motifs is 4. The quantitative estimate of drug-likeness (QED) is 0.498. The number of rotatable bonds is 2. The van der Waals surface area contributed by atoms with Crippen LogP contribution >= 0.6 is 11.6 Å². The second kappa shape index (κ2) is 5.34. The molecule has 2 N–H and O–H groups in total. The Labute approximate surface area is 151 Å². The molecule has 5 aromatic rings. The summed E-state index contributed by atoms with van der Waals surface area (Å²) in [5.41, 5.74) is 2.26. The van der Waals surface area contributed by atoms with Gasteiger partial charge in [0.05, 0.1) is 39.6 Å². The van der Waals surface area contributed by atoms with E-state index in [0.29, 0.717) is 33.0 Å². The standard InChI is InChI=1S/C18H12ClN5O2/c1-20-17-15-14(7-11(19)9-5-6-26-16(9)15)24(18(25)22-17)13-4-2-3-12-10(13)8-21-23-12/h2-8H,1H3,(H,21,23)(H,20,22,25). The number of furan rings is 1. The molecule has 0 saturated heterocycles. The highest BCUT2D eigenvalue weighted by Crippen LogP contribution is 2.36. The van der Waals surface area contributed by atoms with Crippen LogP contribution in [0.2, 0.25) is 5.02 Å². The van der Waals surface area contributed by atoms with E-state index >= 15 is 0 Å². The normalized spacial score (nSPS) is 11.6. The molecule has 0 aliphatic carbocycles. The molecule has 0 unspecified atom stereocenters. The zero-order valence-corrected chi connectivity index (χ0v) is 14.3. The molecule has 0 aliphatic rings. The number of halogens is 1. The lowest BCUT2D eigenvalue weighted by Gasteiger charge is -2.14. The summed E-state index contributed by atoms with van der Waals surface area (Å²) in [5.74, 6) is 0.442. The lowest BCUT2D eigenvalue weighted by atomic mass is 10.1. The molecule has 0 bridgehead atoms. The van der Waals surface area contributed by atoms with Gasteiger partial charge in [0.1, 0.15) is 11.4 Å². The number of hydrogen-bond acceptors (Lipinski definition) is 5. The molecule has 0 radical (unpaired) electrons. The van der Waals surface area contributed by atoms with E-state index < -0.39 is 5.69 Å². The molecule has 0 aliphatic heterocycles. The van der Waals surface area contributed by atoms with Gasteiger partial charge in [-0.15, -0.1) is 0 Å². The van der Waals surface area contributed by atoms with Crippen LogP contribution in [0.15, 0.2) is 52.0 Å². The van der Waals surface area contributed by atoms with Gasteiger partial charge in [-0.2, -0.15) is 10.1 Å². The number of hydrogen-bond donors (Lipinski definition) is 2. The summed E-state index contributed by atoms with van der Waals surface area (Å²) >= 11 is 6.45. The molecule has 0 atom stereocenters. The van der Waals surface area contributed by atoms with Crippen LogP contribution in [-0.2, 0) is 0 Å². The molecule has 26 heavy (non-hydrogen) atoms. The van der Waals surface area contributed by atoms with Crippen molar-refractivity contribution in [3.63, 3.8) is 0 Å². The van der Waals surface area contributed by atoms with Crippen molar-refractivity contribution in [2.75, 3.05) is 12.4 Å². The molecule has 7 nitrogen and oxygen atoms in total. The minimum Gasteiger partial charge on any atom is -0.463 e. The molecule has 8 heteroatoms. The number of benzene rings is 2. The lowest BCUT2D eigenvalue weighted by Crippen LogP contribution is -2.23. The Balaban J connectivity index is 2.04. The van der Waals surface area contributed by atoms with Crippen LogP contribution in [0.3, 0.4) is 0 Å². The maximum absolute atomic E-state index is 12.9. The molecule has 3 heterocycles. The fourth-order valence-electron chi connectivity index (χ4n) is 3.35. The number of nitrogens with zero attached hydrogens (tertiary/aromatic N) is 3. The average molecular weight is 366 g/mol. The van der Waals surface area contributed by atoms with E-state index in [1.54, 1.807) is 31.6 Å². The Kier molecular flexibility index (Phi) is 3.07. The van der Waals surface area contributed by atoms with Gasteiger partial charge in [0.15, 0.2) is 0 Å². The highest BCUT2D eigenvalue weighted by Gasteiger charge is 2.19. The average Bonchev–Trinajstić information content (AvgIpc) is 3.30.